The fourth-order valence-electron chi connectivity index (χ4n) is 4.38. The van der Waals surface area contributed by atoms with Crippen LogP contribution in [-0.4, -0.2) is 27.8 Å². The zero-order chi connectivity index (χ0) is 26.0. The Bertz CT molecular complexity index is 1280. The molecular formula is C32H37N3OS. The van der Waals surface area contributed by atoms with Gasteiger partial charge in [-0.25, -0.2) is 4.98 Å². The predicted molar refractivity (Wildman–Crippen MR) is 156 cm³/mol. The van der Waals surface area contributed by atoms with Crippen LogP contribution in [0.2, 0.25) is 0 Å². The van der Waals surface area contributed by atoms with Gasteiger partial charge in [0.05, 0.1) is 11.4 Å². The number of aromatic nitrogens is 2. The van der Waals surface area contributed by atoms with E-state index in [1.165, 1.54) is 27.9 Å². The first-order chi connectivity index (χ1) is 18.0. The smallest absolute Gasteiger partial charge is 0.220 e. The number of carbonyl (C=O) groups excluding carboxylic acids is 1. The van der Waals surface area contributed by atoms with Crippen LogP contribution < -0.4 is 5.32 Å². The minimum absolute atomic E-state index is 0.138. The van der Waals surface area contributed by atoms with Gasteiger partial charge in [0.2, 0.25) is 5.91 Å². The summed E-state index contributed by atoms with van der Waals surface area (Å²) in [7, 11) is 0. The van der Waals surface area contributed by atoms with Crippen LogP contribution >= 0.6 is 11.8 Å². The predicted octanol–water partition coefficient (Wildman–Crippen LogP) is 7.48. The summed E-state index contributed by atoms with van der Waals surface area (Å²) in [6.07, 6.45) is 3.30. The highest BCUT2D eigenvalue weighted by Crippen LogP contribution is 2.36. The summed E-state index contributed by atoms with van der Waals surface area (Å²) < 4.78 is 2.33. The number of amides is 1. The average molecular weight is 512 g/mol. The van der Waals surface area contributed by atoms with E-state index in [0.29, 0.717) is 13.0 Å². The molecule has 0 radical (unpaired) electrons. The highest BCUT2D eigenvalue weighted by atomic mass is 32.2. The van der Waals surface area contributed by atoms with Crippen LogP contribution in [0.1, 0.15) is 42.9 Å². The van der Waals surface area contributed by atoms with Gasteiger partial charge >= 0.3 is 0 Å². The minimum Gasteiger partial charge on any atom is -0.356 e. The molecule has 0 bridgehead atoms. The van der Waals surface area contributed by atoms with Gasteiger partial charge in [0.1, 0.15) is 0 Å². The van der Waals surface area contributed by atoms with Crippen LogP contribution in [0.3, 0.4) is 0 Å². The largest absolute Gasteiger partial charge is 0.356 e. The Morgan fingerprint density at radius 2 is 1.51 bits per heavy atom. The molecule has 0 fully saturated rings. The molecule has 37 heavy (non-hydrogen) atoms. The molecule has 0 aliphatic heterocycles. The number of hydrogen-bond acceptors (Lipinski definition) is 3. The van der Waals surface area contributed by atoms with E-state index < -0.39 is 0 Å². The molecule has 0 aliphatic carbocycles. The maximum absolute atomic E-state index is 12.2. The van der Waals surface area contributed by atoms with E-state index in [1.807, 2.05) is 18.2 Å². The summed E-state index contributed by atoms with van der Waals surface area (Å²) in [6, 6.07) is 27.6. The number of benzene rings is 3. The lowest BCUT2D eigenvalue weighted by atomic mass is 10.0. The number of nitrogens with zero attached hydrogens (tertiary/aromatic N) is 2. The number of thioether (sulfide) groups is 1. The van der Waals surface area contributed by atoms with Crippen LogP contribution in [0.5, 0.6) is 0 Å². The summed E-state index contributed by atoms with van der Waals surface area (Å²) in [5, 5.41) is 4.09. The normalized spacial score (nSPS) is 11.0. The Morgan fingerprint density at radius 1 is 0.865 bits per heavy atom. The number of imidazole rings is 1. The van der Waals surface area contributed by atoms with Gasteiger partial charge in [-0.3, -0.25) is 4.79 Å². The third-order valence-corrected chi connectivity index (χ3v) is 7.57. The third-order valence-electron chi connectivity index (χ3n) is 6.51. The van der Waals surface area contributed by atoms with Crippen LogP contribution in [0, 0.1) is 13.8 Å². The van der Waals surface area contributed by atoms with E-state index in [1.54, 1.807) is 11.8 Å². The summed E-state index contributed by atoms with van der Waals surface area (Å²) in [5.41, 5.74) is 8.28. The molecule has 0 saturated carbocycles. The summed E-state index contributed by atoms with van der Waals surface area (Å²) >= 11 is 1.79. The van der Waals surface area contributed by atoms with E-state index in [0.717, 1.165) is 48.0 Å². The fourth-order valence-corrected chi connectivity index (χ4v) is 5.45. The fraction of sp³-hybridized carbons (Fsp3) is 0.312. The number of nitrogens with one attached hydrogen (secondary N) is 1. The van der Waals surface area contributed by atoms with E-state index in [2.05, 4.69) is 91.3 Å². The quantitative estimate of drug-likeness (QED) is 0.158. The van der Waals surface area contributed by atoms with Gasteiger partial charge < -0.3 is 9.88 Å². The number of rotatable bonds is 12. The van der Waals surface area contributed by atoms with Crippen molar-refractivity contribution >= 4 is 17.7 Å². The SMILES string of the molecule is CCn1c(SCCCCC(=O)NCCc2ccccc2)nc(-c2ccc(C)cc2)c1-c1ccc(C)cc1. The zero-order valence-electron chi connectivity index (χ0n) is 22.2. The van der Waals surface area contributed by atoms with Gasteiger partial charge in [0.25, 0.3) is 0 Å². The van der Waals surface area contributed by atoms with Gasteiger partial charge in [-0.05, 0) is 45.6 Å². The number of aryl methyl sites for hydroxylation is 2. The molecular weight excluding hydrogens is 474 g/mol. The zero-order valence-corrected chi connectivity index (χ0v) is 23.0. The van der Waals surface area contributed by atoms with Gasteiger partial charge in [-0.2, -0.15) is 0 Å². The van der Waals surface area contributed by atoms with Crippen molar-refractivity contribution in [1.82, 2.24) is 14.9 Å². The van der Waals surface area contributed by atoms with E-state index >= 15 is 0 Å². The molecule has 4 aromatic rings. The van der Waals surface area contributed by atoms with Crippen molar-refractivity contribution in [3.8, 4) is 22.5 Å². The van der Waals surface area contributed by atoms with Crippen molar-refractivity contribution in [1.29, 1.82) is 0 Å². The van der Waals surface area contributed by atoms with Crippen molar-refractivity contribution in [2.75, 3.05) is 12.3 Å². The third kappa shape index (κ3) is 7.36. The van der Waals surface area contributed by atoms with Crippen LogP contribution in [-0.2, 0) is 17.8 Å². The number of carbonyl (C=O) groups is 1. The van der Waals surface area contributed by atoms with Gasteiger partial charge in [-0.1, -0.05) is 102 Å². The number of unbranched alkanes of at least 4 members (excludes halogenated alkanes) is 1. The van der Waals surface area contributed by atoms with Crippen molar-refractivity contribution in [2.24, 2.45) is 0 Å². The molecule has 0 atom stereocenters. The van der Waals surface area contributed by atoms with Gasteiger partial charge in [0, 0.05) is 36.4 Å². The molecule has 3 aromatic carbocycles. The van der Waals surface area contributed by atoms with Crippen LogP contribution in [0.25, 0.3) is 22.5 Å². The Labute approximate surface area is 225 Å². The highest BCUT2D eigenvalue weighted by molar-refractivity contribution is 7.99. The molecule has 0 saturated heterocycles. The summed E-state index contributed by atoms with van der Waals surface area (Å²) in [6.45, 7) is 7.96. The first kappa shape index (κ1) is 26.7. The molecule has 1 heterocycles. The second-order valence-corrected chi connectivity index (χ2v) is 10.5. The van der Waals surface area contributed by atoms with E-state index in [4.69, 9.17) is 4.98 Å². The Balaban J connectivity index is 1.37. The van der Waals surface area contributed by atoms with Crippen LogP contribution in [0.4, 0.5) is 0 Å². The monoisotopic (exact) mass is 511 g/mol. The van der Waals surface area contributed by atoms with E-state index in [9.17, 15) is 4.79 Å². The molecule has 0 aliphatic rings. The lowest BCUT2D eigenvalue weighted by Crippen LogP contribution is -2.25. The summed E-state index contributed by atoms with van der Waals surface area (Å²) in [4.78, 5) is 17.4. The highest BCUT2D eigenvalue weighted by Gasteiger charge is 2.19. The molecule has 1 amide bonds. The van der Waals surface area contributed by atoms with Crippen LogP contribution in [0.15, 0.2) is 84.0 Å². The maximum atomic E-state index is 12.2. The lowest BCUT2D eigenvalue weighted by molar-refractivity contribution is -0.121. The van der Waals surface area contributed by atoms with E-state index in [-0.39, 0.29) is 5.91 Å². The van der Waals surface area contributed by atoms with Gasteiger partial charge in [0.15, 0.2) is 5.16 Å². The molecule has 5 heteroatoms. The topological polar surface area (TPSA) is 46.9 Å². The Kier molecular flexibility index (Phi) is 9.61. The lowest BCUT2D eigenvalue weighted by Gasteiger charge is -2.11. The summed E-state index contributed by atoms with van der Waals surface area (Å²) in [5.74, 6) is 1.08. The molecule has 4 rings (SSSR count). The molecule has 0 spiro atoms. The first-order valence-corrected chi connectivity index (χ1v) is 14.2. The van der Waals surface area contributed by atoms with Crippen molar-refractivity contribution in [3.63, 3.8) is 0 Å². The Morgan fingerprint density at radius 3 is 2.16 bits per heavy atom. The average Bonchev–Trinajstić information content (AvgIpc) is 3.28. The molecule has 192 valence electrons. The second kappa shape index (κ2) is 13.3. The van der Waals surface area contributed by atoms with Crippen molar-refractivity contribution in [3.05, 3.63) is 95.6 Å². The van der Waals surface area contributed by atoms with Crippen molar-refractivity contribution in [2.45, 2.75) is 58.2 Å². The molecule has 1 N–H and O–H groups in total. The minimum atomic E-state index is 0.138. The molecule has 0 unspecified atom stereocenters. The Hall–Kier alpha value is -3.31. The van der Waals surface area contributed by atoms with Crippen molar-refractivity contribution < 1.29 is 4.79 Å². The van der Waals surface area contributed by atoms with Gasteiger partial charge in [-0.15, -0.1) is 0 Å². The molecule has 1 aromatic heterocycles. The second-order valence-electron chi connectivity index (χ2n) is 9.46. The molecule has 4 nitrogen and oxygen atoms in total. The first-order valence-electron chi connectivity index (χ1n) is 13.2. The maximum Gasteiger partial charge on any atom is 0.220 e. The standard InChI is InChI=1S/C32H37N3OS/c1-4-35-31(28-19-15-25(3)16-20-28)30(27-17-13-24(2)14-18-27)34-32(35)37-23-9-8-12-29(36)33-22-21-26-10-6-5-7-11-26/h5-7,10-11,13-20H,4,8-9,12,21-23H2,1-3H3,(H,33,36). The number of hydrogen-bond donors (Lipinski definition) is 1.